The Morgan fingerprint density at radius 2 is 0.894 bits per heavy atom. The second-order valence-electron chi connectivity index (χ2n) is 13.5. The molecule has 6 heteroatoms. The van der Waals surface area contributed by atoms with Crippen molar-refractivity contribution < 1.29 is 19.7 Å². The van der Waals surface area contributed by atoms with Crippen molar-refractivity contribution in [3.63, 3.8) is 0 Å². The lowest BCUT2D eigenvalue weighted by atomic mass is 9.68. The Kier molecular flexibility index (Phi) is 9.92. The number of fused-ring (bicyclic) bond motifs is 3. The molecule has 2 atom stereocenters. The smallest absolute Gasteiger partial charge is 0.119 e. The zero-order chi connectivity index (χ0) is 32.1. The Morgan fingerprint density at radius 1 is 0.511 bits per heavy atom. The van der Waals surface area contributed by atoms with Gasteiger partial charge in [0.05, 0.1) is 5.41 Å². The van der Waals surface area contributed by atoms with Gasteiger partial charge in [0.1, 0.15) is 36.9 Å². The summed E-state index contributed by atoms with van der Waals surface area (Å²) in [5, 5.41) is 21.3. The van der Waals surface area contributed by atoms with Crippen molar-refractivity contribution in [2.75, 3.05) is 52.5 Å². The van der Waals surface area contributed by atoms with E-state index in [1.165, 1.54) is 60.8 Å². The van der Waals surface area contributed by atoms with Crippen molar-refractivity contribution in [2.45, 2.75) is 56.1 Å². The molecule has 47 heavy (non-hydrogen) atoms. The second-order valence-corrected chi connectivity index (χ2v) is 13.5. The molecule has 4 aromatic carbocycles. The molecular weight excluding hydrogens is 584 g/mol. The Morgan fingerprint density at radius 3 is 1.30 bits per heavy atom. The number of aliphatic hydroxyl groups is 2. The topological polar surface area (TPSA) is 65.4 Å². The molecule has 246 valence electrons. The summed E-state index contributed by atoms with van der Waals surface area (Å²) in [6, 6.07) is 34.3. The highest BCUT2D eigenvalue weighted by atomic mass is 16.5. The highest BCUT2D eigenvalue weighted by Gasteiger charge is 2.45. The largest absolute Gasteiger partial charge is 0.491 e. The predicted octanol–water partition coefficient (Wildman–Crippen LogP) is 6.50. The lowest BCUT2D eigenvalue weighted by molar-refractivity contribution is 0.0616. The van der Waals surface area contributed by atoms with E-state index >= 15 is 0 Å². The number of nitrogens with zero attached hydrogens (tertiary/aromatic N) is 2. The molecule has 3 aliphatic rings. The van der Waals surface area contributed by atoms with Crippen LogP contribution in [0, 0.1) is 0 Å². The van der Waals surface area contributed by atoms with Crippen molar-refractivity contribution in [1.29, 1.82) is 0 Å². The summed E-state index contributed by atoms with van der Waals surface area (Å²) in [6.07, 6.45) is 6.38. The van der Waals surface area contributed by atoms with Gasteiger partial charge in [-0.15, -0.1) is 0 Å². The van der Waals surface area contributed by atoms with Crippen LogP contribution in [0.4, 0.5) is 0 Å². The second kappa shape index (κ2) is 14.6. The van der Waals surface area contributed by atoms with Crippen molar-refractivity contribution in [1.82, 2.24) is 9.80 Å². The van der Waals surface area contributed by atoms with Gasteiger partial charge < -0.3 is 29.5 Å². The van der Waals surface area contributed by atoms with Crippen molar-refractivity contribution in [3.8, 4) is 22.6 Å². The monoisotopic (exact) mass is 632 g/mol. The van der Waals surface area contributed by atoms with Crippen LogP contribution in [0.3, 0.4) is 0 Å². The van der Waals surface area contributed by atoms with E-state index in [4.69, 9.17) is 9.47 Å². The predicted molar refractivity (Wildman–Crippen MR) is 187 cm³/mol. The molecule has 0 aromatic heterocycles. The molecule has 0 radical (unpaired) electrons. The number of aliphatic hydroxyl groups excluding tert-OH is 2. The minimum Gasteiger partial charge on any atom is -0.491 e. The van der Waals surface area contributed by atoms with Gasteiger partial charge in [0.15, 0.2) is 0 Å². The molecule has 1 aliphatic carbocycles. The molecule has 2 heterocycles. The molecule has 0 unspecified atom stereocenters. The molecule has 0 amide bonds. The van der Waals surface area contributed by atoms with Crippen LogP contribution in [0.25, 0.3) is 11.1 Å². The number of benzene rings is 4. The van der Waals surface area contributed by atoms with Gasteiger partial charge in [-0.1, -0.05) is 85.6 Å². The molecule has 6 nitrogen and oxygen atoms in total. The van der Waals surface area contributed by atoms with Crippen molar-refractivity contribution in [2.24, 2.45) is 0 Å². The summed E-state index contributed by atoms with van der Waals surface area (Å²) in [5.74, 6) is 1.51. The van der Waals surface area contributed by atoms with E-state index in [2.05, 4.69) is 82.6 Å². The van der Waals surface area contributed by atoms with Gasteiger partial charge in [0.25, 0.3) is 0 Å². The van der Waals surface area contributed by atoms with E-state index in [0.717, 1.165) is 48.8 Å². The molecule has 2 N–H and O–H groups in total. The van der Waals surface area contributed by atoms with Crippen LogP contribution in [0.2, 0.25) is 0 Å². The average molecular weight is 633 g/mol. The van der Waals surface area contributed by atoms with Gasteiger partial charge >= 0.3 is 0 Å². The maximum atomic E-state index is 10.7. The van der Waals surface area contributed by atoms with Crippen LogP contribution in [0.15, 0.2) is 97.1 Å². The lowest BCUT2D eigenvalue weighted by Gasteiger charge is -2.34. The Hall–Kier alpha value is -3.68. The van der Waals surface area contributed by atoms with Crippen molar-refractivity contribution >= 4 is 0 Å². The van der Waals surface area contributed by atoms with Crippen LogP contribution in [-0.2, 0) is 5.41 Å². The first kappa shape index (κ1) is 31.9. The zero-order valence-corrected chi connectivity index (χ0v) is 27.4. The molecule has 7 rings (SSSR count). The summed E-state index contributed by atoms with van der Waals surface area (Å²) in [4.78, 5) is 4.68. The normalized spacial score (nSPS) is 19.0. The number of hydrogen-bond acceptors (Lipinski definition) is 6. The molecule has 0 spiro atoms. The number of rotatable bonds is 12. The molecule has 2 aliphatic heterocycles. The van der Waals surface area contributed by atoms with Crippen molar-refractivity contribution in [3.05, 3.63) is 119 Å². The van der Waals surface area contributed by atoms with Gasteiger partial charge in [-0.25, -0.2) is 0 Å². The molecule has 0 saturated carbocycles. The van der Waals surface area contributed by atoms with Gasteiger partial charge in [-0.2, -0.15) is 0 Å². The summed E-state index contributed by atoms with van der Waals surface area (Å²) < 4.78 is 12.2. The summed E-state index contributed by atoms with van der Waals surface area (Å²) in [5.41, 5.74) is 6.76. The number of β-amino-alcohol motifs (C(OH)–C–C–N with tert-alkyl or cyclic N) is 2. The maximum Gasteiger partial charge on any atom is 0.119 e. The van der Waals surface area contributed by atoms with Crippen LogP contribution >= 0.6 is 0 Å². The van der Waals surface area contributed by atoms with Crippen LogP contribution < -0.4 is 9.47 Å². The van der Waals surface area contributed by atoms with Gasteiger partial charge in [-0.05, 0) is 110 Å². The third kappa shape index (κ3) is 6.84. The van der Waals surface area contributed by atoms with Crippen LogP contribution in [0.5, 0.6) is 11.5 Å². The molecule has 4 aromatic rings. The number of ether oxygens (including phenoxy) is 2. The fourth-order valence-electron chi connectivity index (χ4n) is 8.00. The third-order valence-electron chi connectivity index (χ3n) is 10.2. The highest BCUT2D eigenvalue weighted by Crippen LogP contribution is 2.56. The van der Waals surface area contributed by atoms with Crippen LogP contribution in [0.1, 0.15) is 60.8 Å². The summed E-state index contributed by atoms with van der Waals surface area (Å²) in [7, 11) is 0. The Bertz CT molecular complexity index is 1470. The fourth-order valence-corrected chi connectivity index (χ4v) is 8.00. The Balaban J connectivity index is 1.13. The standard InChI is InChI=1S/C41H48N2O4/c44-33(27-42-23-7-1-8-24-42)29-46-35-19-15-31(16-20-35)41(39-13-5-3-11-37(39)38-12-4-6-14-40(38)41)32-17-21-36(22-18-32)47-30-34(45)28-43-25-9-2-10-26-43/h3-6,11-22,33-34,44-45H,1-2,7-10,23-30H2/t33-,34-/m0/s1. The zero-order valence-electron chi connectivity index (χ0n) is 27.4. The molecule has 0 bridgehead atoms. The number of hydrogen-bond donors (Lipinski definition) is 2. The first-order valence-electron chi connectivity index (χ1n) is 17.6. The quantitative estimate of drug-likeness (QED) is 0.164. The maximum absolute atomic E-state index is 10.7. The first-order chi connectivity index (χ1) is 23.1. The SMILES string of the molecule is O[C@H](COc1ccc(C2(c3ccc(OC[C@@H](O)CN4CCCCC4)cc3)c3ccccc3-c3ccccc32)cc1)CN1CCCCC1. The highest BCUT2D eigenvalue weighted by molar-refractivity contribution is 5.86. The van der Waals surface area contributed by atoms with Gasteiger partial charge in [0.2, 0.25) is 0 Å². The van der Waals surface area contributed by atoms with E-state index in [0.29, 0.717) is 13.1 Å². The molecule has 2 saturated heterocycles. The molecule has 2 fully saturated rings. The van der Waals surface area contributed by atoms with Crippen LogP contribution in [-0.4, -0.2) is 84.7 Å². The van der Waals surface area contributed by atoms with Gasteiger partial charge in [-0.3, -0.25) is 0 Å². The van der Waals surface area contributed by atoms with Gasteiger partial charge in [0, 0.05) is 13.1 Å². The average Bonchev–Trinajstić information content (AvgIpc) is 3.42. The Labute approximate surface area is 279 Å². The number of piperidine rings is 2. The molecular formula is C41H48N2O4. The van der Waals surface area contributed by atoms with E-state index in [9.17, 15) is 10.2 Å². The van der Waals surface area contributed by atoms with E-state index < -0.39 is 17.6 Å². The number of likely N-dealkylation sites (tertiary alicyclic amines) is 2. The minimum absolute atomic E-state index is 0.279. The first-order valence-corrected chi connectivity index (χ1v) is 17.6. The summed E-state index contributed by atoms with van der Waals surface area (Å²) >= 11 is 0. The fraction of sp³-hybridized carbons (Fsp3) is 0.415. The van der Waals surface area contributed by atoms with E-state index in [1.807, 2.05) is 24.3 Å². The van der Waals surface area contributed by atoms with E-state index in [1.54, 1.807) is 0 Å². The summed E-state index contributed by atoms with van der Waals surface area (Å²) in [6.45, 7) is 6.11. The third-order valence-corrected chi connectivity index (χ3v) is 10.2. The lowest BCUT2D eigenvalue weighted by Crippen LogP contribution is -2.38. The van der Waals surface area contributed by atoms with E-state index in [-0.39, 0.29) is 13.2 Å². The minimum atomic E-state index is -0.522.